The van der Waals surface area contributed by atoms with Crippen LogP contribution in [0.4, 0.5) is 0 Å². The summed E-state index contributed by atoms with van der Waals surface area (Å²) in [4.78, 5) is 2.34. The SMILES string of the molecule is C[C@H](NCC1CCN(CCO)CC1)c1cccc(Cl)c1. The summed E-state index contributed by atoms with van der Waals surface area (Å²) in [5, 5.41) is 13.4. The highest BCUT2D eigenvalue weighted by molar-refractivity contribution is 6.30. The Kier molecular flexibility index (Phi) is 6.30. The second-order valence-corrected chi connectivity index (χ2v) is 6.13. The summed E-state index contributed by atoms with van der Waals surface area (Å²) in [7, 11) is 0. The lowest BCUT2D eigenvalue weighted by Crippen LogP contribution is -2.39. The largest absolute Gasteiger partial charge is 0.395 e. The summed E-state index contributed by atoms with van der Waals surface area (Å²) in [6.07, 6.45) is 2.44. The molecule has 1 heterocycles. The van der Waals surface area contributed by atoms with Gasteiger partial charge in [-0.15, -0.1) is 0 Å². The average Bonchev–Trinajstić information content (AvgIpc) is 2.46. The smallest absolute Gasteiger partial charge is 0.0558 e. The molecule has 0 bridgehead atoms. The predicted octanol–water partition coefficient (Wildman–Crippen LogP) is 2.69. The van der Waals surface area contributed by atoms with E-state index in [1.807, 2.05) is 18.2 Å². The number of hydrogen-bond acceptors (Lipinski definition) is 3. The van der Waals surface area contributed by atoms with Crippen molar-refractivity contribution in [3.05, 3.63) is 34.9 Å². The molecule has 0 aliphatic carbocycles. The molecule has 0 radical (unpaired) electrons. The minimum atomic E-state index is 0.273. The van der Waals surface area contributed by atoms with Gasteiger partial charge in [0, 0.05) is 17.6 Å². The number of aliphatic hydroxyl groups is 1. The molecular formula is C16H25ClN2O. The van der Waals surface area contributed by atoms with Crippen LogP contribution in [-0.2, 0) is 0 Å². The molecule has 4 heteroatoms. The summed E-state index contributed by atoms with van der Waals surface area (Å²) in [6, 6.07) is 8.40. The summed E-state index contributed by atoms with van der Waals surface area (Å²) < 4.78 is 0. The van der Waals surface area contributed by atoms with Gasteiger partial charge in [0.15, 0.2) is 0 Å². The maximum absolute atomic E-state index is 8.94. The molecule has 2 N–H and O–H groups in total. The van der Waals surface area contributed by atoms with Gasteiger partial charge >= 0.3 is 0 Å². The fourth-order valence-corrected chi connectivity index (χ4v) is 2.99. The number of rotatable bonds is 6. The predicted molar refractivity (Wildman–Crippen MR) is 84.1 cm³/mol. The van der Waals surface area contributed by atoms with Crippen LogP contribution in [0.1, 0.15) is 31.4 Å². The Labute approximate surface area is 126 Å². The first-order valence-electron chi connectivity index (χ1n) is 7.51. The van der Waals surface area contributed by atoms with Crippen LogP contribution in [0, 0.1) is 5.92 Å². The summed E-state index contributed by atoms with van der Waals surface area (Å²) in [6.45, 7) is 6.55. The van der Waals surface area contributed by atoms with Crippen LogP contribution >= 0.6 is 11.6 Å². The lowest BCUT2D eigenvalue weighted by Gasteiger charge is -2.32. The zero-order valence-electron chi connectivity index (χ0n) is 12.2. The second-order valence-electron chi connectivity index (χ2n) is 5.69. The van der Waals surface area contributed by atoms with Crippen LogP contribution in [0.2, 0.25) is 5.02 Å². The van der Waals surface area contributed by atoms with E-state index >= 15 is 0 Å². The highest BCUT2D eigenvalue weighted by Gasteiger charge is 2.19. The molecule has 0 saturated carbocycles. The van der Waals surface area contributed by atoms with Crippen molar-refractivity contribution in [2.45, 2.75) is 25.8 Å². The fraction of sp³-hybridized carbons (Fsp3) is 0.625. The van der Waals surface area contributed by atoms with E-state index in [0.29, 0.717) is 6.04 Å². The Hall–Kier alpha value is -0.610. The maximum atomic E-state index is 8.94. The third kappa shape index (κ3) is 4.74. The summed E-state index contributed by atoms with van der Waals surface area (Å²) in [5.41, 5.74) is 1.25. The highest BCUT2D eigenvalue weighted by Crippen LogP contribution is 2.20. The Morgan fingerprint density at radius 1 is 1.40 bits per heavy atom. The molecule has 112 valence electrons. The quantitative estimate of drug-likeness (QED) is 0.847. The number of aliphatic hydroxyl groups excluding tert-OH is 1. The van der Waals surface area contributed by atoms with Crippen LogP contribution in [0.15, 0.2) is 24.3 Å². The Bertz CT molecular complexity index is 405. The molecule has 1 fully saturated rings. The van der Waals surface area contributed by atoms with E-state index in [0.717, 1.165) is 37.1 Å². The van der Waals surface area contributed by atoms with Crippen molar-refractivity contribution in [2.75, 3.05) is 32.8 Å². The molecule has 1 aromatic rings. The van der Waals surface area contributed by atoms with Crippen LogP contribution in [0.5, 0.6) is 0 Å². The van der Waals surface area contributed by atoms with E-state index < -0.39 is 0 Å². The molecule has 20 heavy (non-hydrogen) atoms. The highest BCUT2D eigenvalue weighted by atomic mass is 35.5. The topological polar surface area (TPSA) is 35.5 Å². The lowest BCUT2D eigenvalue weighted by atomic mass is 9.96. The van der Waals surface area contributed by atoms with Crippen molar-refractivity contribution in [3.8, 4) is 0 Å². The number of hydrogen-bond donors (Lipinski definition) is 2. The van der Waals surface area contributed by atoms with E-state index in [1.165, 1.54) is 18.4 Å². The second kappa shape index (κ2) is 7.99. The van der Waals surface area contributed by atoms with Gasteiger partial charge in [-0.05, 0) is 63.0 Å². The van der Waals surface area contributed by atoms with Gasteiger partial charge in [0.2, 0.25) is 0 Å². The van der Waals surface area contributed by atoms with E-state index in [4.69, 9.17) is 16.7 Å². The molecule has 1 aliphatic rings. The molecule has 1 atom stereocenters. The number of halogens is 1. The molecule has 1 aromatic carbocycles. The molecular weight excluding hydrogens is 272 g/mol. The Balaban J connectivity index is 1.73. The van der Waals surface area contributed by atoms with Crippen LogP contribution in [0.25, 0.3) is 0 Å². The standard InChI is InChI=1S/C16H25ClN2O/c1-13(15-3-2-4-16(17)11-15)18-12-14-5-7-19(8-6-14)9-10-20/h2-4,11,13-14,18,20H,5-10,12H2,1H3/t13-/m0/s1. The molecule has 0 aromatic heterocycles. The van der Waals surface area contributed by atoms with E-state index in [-0.39, 0.29) is 6.61 Å². The number of nitrogens with zero attached hydrogens (tertiary/aromatic N) is 1. The van der Waals surface area contributed by atoms with E-state index in [2.05, 4.69) is 23.2 Å². The first-order valence-corrected chi connectivity index (χ1v) is 7.89. The van der Waals surface area contributed by atoms with Crippen molar-refractivity contribution in [2.24, 2.45) is 5.92 Å². The van der Waals surface area contributed by atoms with Gasteiger partial charge in [0.25, 0.3) is 0 Å². The fourth-order valence-electron chi connectivity index (χ4n) is 2.79. The van der Waals surface area contributed by atoms with Gasteiger partial charge < -0.3 is 15.3 Å². The lowest BCUT2D eigenvalue weighted by molar-refractivity contribution is 0.146. The molecule has 2 rings (SSSR count). The van der Waals surface area contributed by atoms with Crippen molar-refractivity contribution in [1.29, 1.82) is 0 Å². The Morgan fingerprint density at radius 3 is 2.80 bits per heavy atom. The number of β-amino-alcohol motifs (C(OH)–C–C–N with tert-alkyl or cyclic N) is 1. The molecule has 3 nitrogen and oxygen atoms in total. The minimum absolute atomic E-state index is 0.273. The summed E-state index contributed by atoms with van der Waals surface area (Å²) in [5.74, 6) is 0.742. The zero-order valence-corrected chi connectivity index (χ0v) is 12.9. The molecule has 0 spiro atoms. The zero-order chi connectivity index (χ0) is 14.4. The van der Waals surface area contributed by atoms with Crippen LogP contribution in [0.3, 0.4) is 0 Å². The van der Waals surface area contributed by atoms with Crippen molar-refractivity contribution >= 4 is 11.6 Å². The van der Waals surface area contributed by atoms with Crippen molar-refractivity contribution < 1.29 is 5.11 Å². The van der Waals surface area contributed by atoms with Gasteiger partial charge in [-0.3, -0.25) is 0 Å². The minimum Gasteiger partial charge on any atom is -0.395 e. The number of likely N-dealkylation sites (tertiary alicyclic amines) is 1. The molecule has 1 saturated heterocycles. The number of benzene rings is 1. The summed E-state index contributed by atoms with van der Waals surface area (Å²) >= 11 is 6.03. The third-order valence-electron chi connectivity index (χ3n) is 4.18. The Morgan fingerprint density at radius 2 is 2.15 bits per heavy atom. The average molecular weight is 297 g/mol. The van der Waals surface area contributed by atoms with Crippen molar-refractivity contribution in [3.63, 3.8) is 0 Å². The van der Waals surface area contributed by atoms with Gasteiger partial charge in [-0.1, -0.05) is 23.7 Å². The maximum Gasteiger partial charge on any atom is 0.0558 e. The number of piperidine rings is 1. The van der Waals surface area contributed by atoms with Crippen LogP contribution in [-0.4, -0.2) is 42.8 Å². The van der Waals surface area contributed by atoms with Crippen LogP contribution < -0.4 is 5.32 Å². The molecule has 0 unspecified atom stereocenters. The first-order chi connectivity index (χ1) is 9.69. The van der Waals surface area contributed by atoms with Gasteiger partial charge in [0.05, 0.1) is 6.61 Å². The monoisotopic (exact) mass is 296 g/mol. The molecule has 0 amide bonds. The van der Waals surface area contributed by atoms with Gasteiger partial charge in [0.1, 0.15) is 0 Å². The molecule has 1 aliphatic heterocycles. The first kappa shape index (κ1) is 15.8. The van der Waals surface area contributed by atoms with E-state index in [9.17, 15) is 0 Å². The normalized spacial score (nSPS) is 19.1. The van der Waals surface area contributed by atoms with E-state index in [1.54, 1.807) is 0 Å². The van der Waals surface area contributed by atoms with Gasteiger partial charge in [-0.2, -0.15) is 0 Å². The number of nitrogens with one attached hydrogen (secondary N) is 1. The van der Waals surface area contributed by atoms with Crippen molar-refractivity contribution in [1.82, 2.24) is 10.2 Å². The third-order valence-corrected chi connectivity index (χ3v) is 4.42. The van der Waals surface area contributed by atoms with Gasteiger partial charge in [-0.25, -0.2) is 0 Å².